The van der Waals surface area contributed by atoms with Gasteiger partial charge in [0.25, 0.3) is 0 Å². The third-order valence-electron chi connectivity index (χ3n) is 9.14. The number of hydrogen-bond acceptors (Lipinski definition) is 5. The van der Waals surface area contributed by atoms with Crippen LogP contribution in [0.25, 0.3) is 22.5 Å². The van der Waals surface area contributed by atoms with E-state index in [1.807, 2.05) is 24.3 Å². The average molecular weight is 508 g/mol. The van der Waals surface area contributed by atoms with Crippen molar-refractivity contribution in [2.24, 2.45) is 5.92 Å². The van der Waals surface area contributed by atoms with Crippen LogP contribution in [-0.2, 0) is 24.7 Å². The summed E-state index contributed by atoms with van der Waals surface area (Å²) in [5.41, 5.74) is 7.43. The van der Waals surface area contributed by atoms with E-state index in [1.165, 1.54) is 17.7 Å². The maximum absolute atomic E-state index is 13.8. The lowest BCUT2D eigenvalue weighted by molar-refractivity contribution is 0.0210. The first-order valence-electron chi connectivity index (χ1n) is 13.3. The first kappa shape index (κ1) is 23.4. The second kappa shape index (κ2) is 8.63. The molecule has 1 aliphatic heterocycles. The number of benzene rings is 3. The Morgan fingerprint density at radius 2 is 1.63 bits per heavy atom. The summed E-state index contributed by atoms with van der Waals surface area (Å²) in [6.45, 7) is 0.965. The van der Waals surface area contributed by atoms with Crippen LogP contribution < -0.4 is 4.74 Å². The van der Waals surface area contributed by atoms with Crippen molar-refractivity contribution in [2.45, 2.75) is 37.1 Å². The standard InChI is InChI=1S/C32H30FN3O2/c1-36-15-14-32-18-25-24(17-23(32)26(36)16-21-10-13-27(38-2)31(37)28(21)32)34-29(19-6-4-3-5-7-19)30(35-25)20-8-11-22(33)12-9-20/h3-13,23,26,37H,14-18H2,1-2H3/t23-,26+,32-/m1/s1. The third-order valence-corrected chi connectivity index (χ3v) is 9.14. The summed E-state index contributed by atoms with van der Waals surface area (Å²) in [6.07, 6.45) is 3.35. The second-order valence-corrected chi connectivity index (χ2v) is 11.0. The van der Waals surface area contributed by atoms with Crippen LogP contribution in [0.1, 0.15) is 28.9 Å². The topological polar surface area (TPSA) is 58.5 Å². The molecular formula is C32H30FN3O2. The van der Waals surface area contributed by atoms with Gasteiger partial charge in [-0.2, -0.15) is 0 Å². The smallest absolute Gasteiger partial charge is 0.161 e. The van der Waals surface area contributed by atoms with Gasteiger partial charge in [0.1, 0.15) is 5.82 Å². The molecule has 1 aromatic heterocycles. The van der Waals surface area contributed by atoms with Crippen molar-refractivity contribution in [3.8, 4) is 34.0 Å². The zero-order valence-electron chi connectivity index (χ0n) is 21.6. The van der Waals surface area contributed by atoms with Gasteiger partial charge in [-0.1, -0.05) is 36.4 Å². The number of nitrogens with zero attached hydrogens (tertiary/aromatic N) is 3. The molecule has 0 radical (unpaired) electrons. The highest BCUT2D eigenvalue weighted by Crippen LogP contribution is 2.57. The highest BCUT2D eigenvalue weighted by atomic mass is 19.1. The van der Waals surface area contributed by atoms with Gasteiger partial charge in [-0.25, -0.2) is 14.4 Å². The minimum absolute atomic E-state index is 0.237. The Labute approximate surface area is 222 Å². The van der Waals surface area contributed by atoms with E-state index in [9.17, 15) is 9.50 Å². The molecule has 3 aliphatic rings. The molecule has 38 heavy (non-hydrogen) atoms. The van der Waals surface area contributed by atoms with Crippen LogP contribution in [-0.4, -0.2) is 46.7 Å². The molecule has 1 N–H and O–H groups in total. The molecule has 2 aliphatic carbocycles. The molecule has 0 spiro atoms. The van der Waals surface area contributed by atoms with Crippen molar-refractivity contribution >= 4 is 0 Å². The summed E-state index contributed by atoms with van der Waals surface area (Å²) in [5, 5.41) is 11.4. The van der Waals surface area contributed by atoms with E-state index in [0.29, 0.717) is 24.1 Å². The maximum Gasteiger partial charge on any atom is 0.161 e. The molecule has 4 aromatic rings. The molecule has 0 unspecified atom stereocenters. The number of halogens is 1. The number of aromatic hydroxyl groups is 1. The summed E-state index contributed by atoms with van der Waals surface area (Å²) in [7, 11) is 3.83. The lowest BCUT2D eigenvalue weighted by Crippen LogP contribution is -2.61. The summed E-state index contributed by atoms with van der Waals surface area (Å²) in [5.74, 6) is 0.837. The van der Waals surface area contributed by atoms with Gasteiger partial charge < -0.3 is 14.7 Å². The first-order valence-corrected chi connectivity index (χ1v) is 13.3. The fraction of sp³-hybridized carbons (Fsp3) is 0.312. The molecule has 6 heteroatoms. The Morgan fingerprint density at radius 1 is 0.921 bits per heavy atom. The number of rotatable bonds is 3. The van der Waals surface area contributed by atoms with E-state index >= 15 is 0 Å². The predicted molar refractivity (Wildman–Crippen MR) is 145 cm³/mol. The molecule has 0 amide bonds. The molecule has 1 fully saturated rings. The molecule has 0 saturated carbocycles. The SMILES string of the molecule is COc1ccc2c(c1O)[C@@]13CCN(C)[C@@H](C2)[C@H]1Cc1nc(-c2ccccc2)c(-c2ccc(F)cc2)nc1C3. The number of hydrogen-bond donors (Lipinski definition) is 1. The van der Waals surface area contributed by atoms with Crippen molar-refractivity contribution in [1.29, 1.82) is 0 Å². The quantitative estimate of drug-likeness (QED) is 0.393. The zero-order valence-corrected chi connectivity index (χ0v) is 21.6. The van der Waals surface area contributed by atoms with Crippen LogP contribution >= 0.6 is 0 Å². The maximum atomic E-state index is 13.8. The van der Waals surface area contributed by atoms with Crippen LogP contribution in [0.5, 0.6) is 11.5 Å². The fourth-order valence-corrected chi connectivity index (χ4v) is 7.30. The Bertz CT molecular complexity index is 1540. The lowest BCUT2D eigenvalue weighted by Gasteiger charge is -2.58. The minimum Gasteiger partial charge on any atom is -0.504 e. The van der Waals surface area contributed by atoms with Crippen LogP contribution in [0.2, 0.25) is 0 Å². The number of fused-ring (bicyclic) bond motifs is 2. The van der Waals surface area contributed by atoms with Crippen LogP contribution in [0.3, 0.4) is 0 Å². The average Bonchev–Trinajstić information content (AvgIpc) is 2.94. The second-order valence-electron chi connectivity index (χ2n) is 11.0. The molecule has 192 valence electrons. The Balaban J connectivity index is 1.44. The van der Waals surface area contributed by atoms with E-state index < -0.39 is 0 Å². The van der Waals surface area contributed by atoms with Crippen LogP contribution in [0.15, 0.2) is 66.7 Å². The van der Waals surface area contributed by atoms with Gasteiger partial charge in [0, 0.05) is 34.6 Å². The predicted octanol–water partition coefficient (Wildman–Crippen LogP) is 5.58. The summed E-state index contributed by atoms with van der Waals surface area (Å²) < 4.78 is 19.4. The Kier molecular flexibility index (Phi) is 5.31. The van der Waals surface area contributed by atoms with Gasteiger partial charge in [-0.3, -0.25) is 0 Å². The number of aromatic nitrogens is 2. The molecule has 1 saturated heterocycles. The van der Waals surface area contributed by atoms with Gasteiger partial charge >= 0.3 is 0 Å². The van der Waals surface area contributed by atoms with Crippen molar-refractivity contribution in [1.82, 2.24) is 14.9 Å². The number of methoxy groups -OCH3 is 1. The Hall–Kier alpha value is -3.77. The van der Waals surface area contributed by atoms with Crippen LogP contribution in [0.4, 0.5) is 4.39 Å². The largest absolute Gasteiger partial charge is 0.504 e. The summed E-state index contributed by atoms with van der Waals surface area (Å²) in [6, 6.07) is 21.0. The van der Waals surface area contributed by atoms with E-state index in [4.69, 9.17) is 14.7 Å². The van der Waals surface area contributed by atoms with E-state index in [2.05, 4.69) is 30.1 Å². The number of phenols is 1. The minimum atomic E-state index is -0.275. The highest BCUT2D eigenvalue weighted by Gasteiger charge is 2.56. The number of piperidine rings is 1. The fourth-order valence-electron chi connectivity index (χ4n) is 7.30. The highest BCUT2D eigenvalue weighted by molar-refractivity contribution is 5.78. The Morgan fingerprint density at radius 3 is 2.37 bits per heavy atom. The third kappa shape index (κ3) is 3.39. The number of ether oxygens (including phenoxy) is 1. The van der Waals surface area contributed by atoms with E-state index in [1.54, 1.807) is 19.2 Å². The molecular weight excluding hydrogens is 477 g/mol. The summed E-state index contributed by atoms with van der Waals surface area (Å²) >= 11 is 0. The van der Waals surface area contributed by atoms with Crippen molar-refractivity contribution in [2.75, 3.05) is 20.7 Å². The molecule has 3 aromatic carbocycles. The van der Waals surface area contributed by atoms with E-state index in [0.717, 1.165) is 65.3 Å². The molecule has 2 heterocycles. The van der Waals surface area contributed by atoms with Crippen molar-refractivity contribution in [3.63, 3.8) is 0 Å². The monoisotopic (exact) mass is 507 g/mol. The number of phenolic OH excluding ortho intramolecular Hbond substituents is 1. The normalized spacial score (nSPS) is 23.8. The molecule has 3 atom stereocenters. The molecule has 5 nitrogen and oxygen atoms in total. The zero-order chi connectivity index (χ0) is 26.0. The number of likely N-dealkylation sites (N-methyl/N-ethyl adjacent to an activating group) is 1. The van der Waals surface area contributed by atoms with Crippen molar-refractivity contribution < 1.29 is 14.2 Å². The summed E-state index contributed by atoms with van der Waals surface area (Å²) in [4.78, 5) is 13.0. The van der Waals surface area contributed by atoms with Gasteiger partial charge in [0.2, 0.25) is 0 Å². The molecule has 7 rings (SSSR count). The van der Waals surface area contributed by atoms with Gasteiger partial charge in [0.05, 0.1) is 29.9 Å². The molecule has 2 bridgehead atoms. The van der Waals surface area contributed by atoms with Gasteiger partial charge in [0.15, 0.2) is 11.5 Å². The van der Waals surface area contributed by atoms with Gasteiger partial charge in [-0.15, -0.1) is 0 Å². The first-order chi connectivity index (χ1) is 18.5. The van der Waals surface area contributed by atoms with Crippen LogP contribution in [0, 0.1) is 11.7 Å². The van der Waals surface area contributed by atoms with Gasteiger partial charge in [-0.05, 0) is 74.7 Å². The number of likely N-dealkylation sites (tertiary alicyclic amines) is 1. The van der Waals surface area contributed by atoms with Crippen molar-refractivity contribution in [3.05, 3.63) is 95.1 Å². The van der Waals surface area contributed by atoms with E-state index in [-0.39, 0.29) is 17.0 Å². The lowest BCUT2D eigenvalue weighted by atomic mass is 9.52.